The van der Waals surface area contributed by atoms with Crippen molar-refractivity contribution in [3.05, 3.63) is 0 Å². The summed E-state index contributed by atoms with van der Waals surface area (Å²) >= 11 is 1.50. The van der Waals surface area contributed by atoms with Crippen molar-refractivity contribution in [3.8, 4) is 5.40 Å². The quantitative estimate of drug-likeness (QED) is 0.600. The Bertz CT molecular complexity index is 326. The minimum atomic E-state index is 0.284. The van der Waals surface area contributed by atoms with E-state index in [0.29, 0.717) is 28.4 Å². The average molecular weight is 267 g/mol. The molecule has 1 saturated carbocycles. The molecule has 0 aliphatic heterocycles. The molecule has 0 spiro atoms. The van der Waals surface area contributed by atoms with Gasteiger partial charge in [-0.15, -0.1) is 0 Å². The summed E-state index contributed by atoms with van der Waals surface area (Å²) in [7, 11) is 0. The minimum Gasteiger partial charge on any atom is -0.185 e. The Balaban J connectivity index is 3.10. The summed E-state index contributed by atoms with van der Waals surface area (Å²) < 4.78 is 0. The van der Waals surface area contributed by atoms with E-state index in [-0.39, 0.29) is 5.41 Å². The predicted octanol–water partition coefficient (Wildman–Crippen LogP) is 5.32. The van der Waals surface area contributed by atoms with Gasteiger partial charge in [0.1, 0.15) is 5.40 Å². The van der Waals surface area contributed by atoms with E-state index in [1.807, 2.05) is 0 Å². The number of nitrogens with zero attached hydrogens (tertiary/aromatic N) is 1. The summed E-state index contributed by atoms with van der Waals surface area (Å²) in [6.45, 7) is 16.7. The molecule has 4 atom stereocenters. The van der Waals surface area contributed by atoms with Gasteiger partial charge in [0.05, 0.1) is 0 Å². The Kier molecular flexibility index (Phi) is 4.81. The van der Waals surface area contributed by atoms with Crippen molar-refractivity contribution in [2.24, 2.45) is 28.6 Å². The first-order valence-corrected chi connectivity index (χ1v) is 8.07. The largest absolute Gasteiger partial charge is 0.185 e. The normalized spacial score (nSPS) is 39.4. The van der Waals surface area contributed by atoms with E-state index in [1.165, 1.54) is 24.6 Å². The van der Waals surface area contributed by atoms with Crippen LogP contribution in [0.25, 0.3) is 0 Å². The number of rotatable bonds is 1. The zero-order chi connectivity index (χ0) is 14.1. The summed E-state index contributed by atoms with van der Waals surface area (Å²) in [6, 6.07) is 0. The van der Waals surface area contributed by atoms with Gasteiger partial charge in [0.15, 0.2) is 0 Å². The number of thiocyanates is 1. The average Bonchev–Trinajstić information content (AvgIpc) is 2.30. The van der Waals surface area contributed by atoms with E-state index in [2.05, 4.69) is 53.9 Å². The Morgan fingerprint density at radius 1 is 1.11 bits per heavy atom. The summed E-state index contributed by atoms with van der Waals surface area (Å²) in [5.41, 5.74) is 0.682. The molecule has 1 aliphatic rings. The highest BCUT2D eigenvalue weighted by atomic mass is 32.2. The molecule has 2 heteroatoms. The highest BCUT2D eigenvalue weighted by molar-refractivity contribution is 8.04. The van der Waals surface area contributed by atoms with E-state index in [9.17, 15) is 0 Å². The summed E-state index contributed by atoms with van der Waals surface area (Å²) in [5.74, 6) is 1.89. The van der Waals surface area contributed by atoms with Crippen molar-refractivity contribution < 1.29 is 0 Å². The SMILES string of the molecule is CC1CCC(C)(C)C(C)C(C)(C)C(C)C1SC#N. The molecule has 0 bridgehead atoms. The second-order valence-corrected chi connectivity index (χ2v) is 8.47. The molecule has 0 heterocycles. The molecule has 1 aliphatic carbocycles. The third-order valence-electron chi connectivity index (χ3n) is 5.95. The zero-order valence-electron chi connectivity index (χ0n) is 13.1. The Morgan fingerprint density at radius 3 is 2.17 bits per heavy atom. The Labute approximate surface area is 118 Å². The van der Waals surface area contributed by atoms with Gasteiger partial charge in [-0.2, -0.15) is 5.26 Å². The smallest absolute Gasteiger partial charge is 0.133 e. The van der Waals surface area contributed by atoms with Crippen LogP contribution in [0.1, 0.15) is 61.3 Å². The van der Waals surface area contributed by atoms with Crippen LogP contribution in [-0.2, 0) is 0 Å². The van der Waals surface area contributed by atoms with Crippen molar-refractivity contribution in [2.45, 2.75) is 66.6 Å². The number of hydrogen-bond acceptors (Lipinski definition) is 2. The fraction of sp³-hybridized carbons (Fsp3) is 0.938. The zero-order valence-corrected chi connectivity index (χ0v) is 13.9. The van der Waals surface area contributed by atoms with Crippen molar-refractivity contribution in [1.82, 2.24) is 0 Å². The van der Waals surface area contributed by atoms with Crippen LogP contribution >= 0.6 is 11.8 Å². The van der Waals surface area contributed by atoms with E-state index in [1.54, 1.807) is 0 Å². The van der Waals surface area contributed by atoms with Crippen LogP contribution in [-0.4, -0.2) is 5.25 Å². The molecule has 0 amide bonds. The molecule has 0 saturated heterocycles. The minimum absolute atomic E-state index is 0.284. The fourth-order valence-electron chi connectivity index (χ4n) is 3.58. The van der Waals surface area contributed by atoms with Gasteiger partial charge in [0, 0.05) is 5.25 Å². The van der Waals surface area contributed by atoms with Crippen molar-refractivity contribution in [2.75, 3.05) is 0 Å². The molecule has 0 radical (unpaired) electrons. The standard InChI is InChI=1S/C16H29NS/c1-11-8-9-15(4,5)13(3)16(6,7)12(2)14(11)18-10-17/h11-14H,8-9H2,1-7H3. The number of thioether (sulfide) groups is 1. The number of nitriles is 1. The van der Waals surface area contributed by atoms with E-state index < -0.39 is 0 Å². The lowest BCUT2D eigenvalue weighted by molar-refractivity contribution is 0.00971. The molecule has 0 N–H and O–H groups in total. The maximum absolute atomic E-state index is 9.07. The first kappa shape index (κ1) is 15.9. The lowest BCUT2D eigenvalue weighted by Crippen LogP contribution is -2.45. The summed E-state index contributed by atoms with van der Waals surface area (Å²) in [4.78, 5) is 0. The molecule has 18 heavy (non-hydrogen) atoms. The molecule has 104 valence electrons. The first-order chi connectivity index (χ1) is 8.14. The van der Waals surface area contributed by atoms with Crippen LogP contribution in [0.15, 0.2) is 0 Å². The van der Waals surface area contributed by atoms with Gasteiger partial charge >= 0.3 is 0 Å². The molecule has 1 nitrogen and oxygen atoms in total. The number of hydrogen-bond donors (Lipinski definition) is 0. The van der Waals surface area contributed by atoms with E-state index >= 15 is 0 Å². The molecule has 0 aromatic heterocycles. The lowest BCUT2D eigenvalue weighted by Gasteiger charge is -2.51. The van der Waals surface area contributed by atoms with Crippen molar-refractivity contribution in [3.63, 3.8) is 0 Å². The van der Waals surface area contributed by atoms with Gasteiger partial charge in [-0.25, -0.2) is 0 Å². The van der Waals surface area contributed by atoms with Gasteiger partial charge in [0.2, 0.25) is 0 Å². The maximum Gasteiger partial charge on any atom is 0.133 e. The topological polar surface area (TPSA) is 23.8 Å². The van der Waals surface area contributed by atoms with Gasteiger partial charge in [-0.05, 0) is 53.2 Å². The second kappa shape index (κ2) is 5.45. The molecule has 0 aromatic rings. The van der Waals surface area contributed by atoms with E-state index in [4.69, 9.17) is 5.26 Å². The van der Waals surface area contributed by atoms with Gasteiger partial charge in [-0.1, -0.05) is 48.5 Å². The third-order valence-corrected chi connectivity index (χ3v) is 7.20. The molecular weight excluding hydrogens is 238 g/mol. The third kappa shape index (κ3) is 2.87. The summed E-state index contributed by atoms with van der Waals surface area (Å²) in [6.07, 6.45) is 2.52. The van der Waals surface area contributed by atoms with Crippen LogP contribution in [0, 0.1) is 39.2 Å². The predicted molar refractivity (Wildman–Crippen MR) is 81.3 cm³/mol. The van der Waals surface area contributed by atoms with Gasteiger partial charge < -0.3 is 0 Å². The highest BCUT2D eigenvalue weighted by Crippen LogP contribution is 2.53. The first-order valence-electron chi connectivity index (χ1n) is 7.19. The second-order valence-electron chi connectivity index (χ2n) is 7.51. The lowest BCUT2D eigenvalue weighted by atomic mass is 9.56. The molecule has 0 aromatic carbocycles. The summed E-state index contributed by atoms with van der Waals surface area (Å²) in [5, 5.41) is 11.9. The van der Waals surface area contributed by atoms with Crippen molar-refractivity contribution in [1.29, 1.82) is 5.26 Å². The van der Waals surface area contributed by atoms with Crippen LogP contribution in [0.5, 0.6) is 0 Å². The van der Waals surface area contributed by atoms with Crippen LogP contribution in [0.3, 0.4) is 0 Å². The molecule has 1 rings (SSSR count). The molecular formula is C16H29NS. The van der Waals surface area contributed by atoms with Crippen LogP contribution < -0.4 is 0 Å². The fourth-order valence-corrected chi connectivity index (χ4v) is 4.62. The highest BCUT2D eigenvalue weighted by Gasteiger charge is 2.46. The van der Waals surface area contributed by atoms with Gasteiger partial charge in [-0.3, -0.25) is 0 Å². The van der Waals surface area contributed by atoms with Crippen LogP contribution in [0.2, 0.25) is 0 Å². The maximum atomic E-state index is 9.07. The molecule has 1 fully saturated rings. The Hall–Kier alpha value is -0.160. The van der Waals surface area contributed by atoms with E-state index in [0.717, 1.165) is 0 Å². The Morgan fingerprint density at radius 2 is 1.67 bits per heavy atom. The van der Waals surface area contributed by atoms with Gasteiger partial charge in [0.25, 0.3) is 0 Å². The monoisotopic (exact) mass is 267 g/mol. The molecule has 4 unspecified atom stereocenters. The van der Waals surface area contributed by atoms with Crippen LogP contribution in [0.4, 0.5) is 0 Å². The van der Waals surface area contributed by atoms with Crippen molar-refractivity contribution >= 4 is 11.8 Å².